The van der Waals surface area contributed by atoms with E-state index in [1.807, 2.05) is 12.2 Å². The average molecular weight is 170 g/mol. The van der Waals surface area contributed by atoms with Gasteiger partial charge in [-0.05, 0) is 13.3 Å². The molecule has 0 saturated heterocycles. The zero-order valence-corrected chi connectivity index (χ0v) is 7.39. The largest absolute Gasteiger partial charge is 0.351 e. The van der Waals surface area contributed by atoms with Crippen molar-refractivity contribution in [3.8, 4) is 0 Å². The summed E-state index contributed by atoms with van der Waals surface area (Å²) in [5.41, 5.74) is 5.29. The van der Waals surface area contributed by atoms with Gasteiger partial charge in [-0.1, -0.05) is 19.4 Å². The molecular formula is C8H14N2O2. The van der Waals surface area contributed by atoms with Gasteiger partial charge in [0.1, 0.15) is 0 Å². The van der Waals surface area contributed by atoms with Crippen molar-refractivity contribution in [2.45, 2.75) is 26.7 Å². The second kappa shape index (κ2) is 5.35. The predicted octanol–water partition coefficient (Wildman–Crippen LogP) is 0.928. The number of nitrogens with two attached hydrogens (primary N) is 1. The summed E-state index contributed by atoms with van der Waals surface area (Å²) in [5.74, 6) is -0.420. The standard InChI is InChI=1S/C8H14N2O2/c1-3-4-5-6(2)7(11)10-8(9)12/h5H,3-4H2,1-2H3,(H3,9,10,11,12)/b6-5+. The summed E-state index contributed by atoms with van der Waals surface area (Å²) < 4.78 is 0. The van der Waals surface area contributed by atoms with Crippen LogP contribution in [-0.2, 0) is 4.79 Å². The summed E-state index contributed by atoms with van der Waals surface area (Å²) in [4.78, 5) is 21.2. The third-order valence-electron chi connectivity index (χ3n) is 1.33. The third kappa shape index (κ3) is 4.49. The van der Waals surface area contributed by atoms with Gasteiger partial charge in [-0.15, -0.1) is 0 Å². The lowest BCUT2D eigenvalue weighted by Crippen LogP contribution is -2.35. The van der Waals surface area contributed by atoms with E-state index in [0.29, 0.717) is 5.57 Å². The molecule has 0 rings (SSSR count). The summed E-state index contributed by atoms with van der Waals surface area (Å²) in [7, 11) is 0. The van der Waals surface area contributed by atoms with Gasteiger partial charge in [0.15, 0.2) is 0 Å². The Kier molecular flexibility index (Phi) is 4.76. The average Bonchev–Trinajstić information content (AvgIpc) is 1.98. The number of carbonyl (C=O) groups is 2. The van der Waals surface area contributed by atoms with E-state index in [2.05, 4.69) is 0 Å². The molecule has 0 aliphatic heterocycles. The van der Waals surface area contributed by atoms with E-state index in [1.165, 1.54) is 0 Å². The zero-order valence-electron chi connectivity index (χ0n) is 7.39. The minimum atomic E-state index is -0.816. The van der Waals surface area contributed by atoms with E-state index < -0.39 is 11.9 Å². The summed E-state index contributed by atoms with van der Waals surface area (Å²) in [6.07, 6.45) is 3.58. The van der Waals surface area contributed by atoms with Crippen LogP contribution in [0.15, 0.2) is 11.6 Å². The molecule has 0 aromatic carbocycles. The van der Waals surface area contributed by atoms with Crippen LogP contribution in [0.5, 0.6) is 0 Å². The van der Waals surface area contributed by atoms with Gasteiger partial charge in [0, 0.05) is 5.57 Å². The highest BCUT2D eigenvalue weighted by molar-refractivity contribution is 6.02. The highest BCUT2D eigenvalue weighted by Crippen LogP contribution is 1.97. The fourth-order valence-corrected chi connectivity index (χ4v) is 0.664. The van der Waals surface area contributed by atoms with Crippen LogP contribution in [0.2, 0.25) is 0 Å². The summed E-state index contributed by atoms with van der Waals surface area (Å²) in [6, 6.07) is -0.816. The third-order valence-corrected chi connectivity index (χ3v) is 1.33. The molecule has 4 heteroatoms. The van der Waals surface area contributed by atoms with Gasteiger partial charge in [0.05, 0.1) is 0 Å². The molecule has 3 N–H and O–H groups in total. The number of primary amides is 1. The molecule has 0 spiro atoms. The van der Waals surface area contributed by atoms with E-state index >= 15 is 0 Å². The number of hydrogen-bond donors (Lipinski definition) is 2. The van der Waals surface area contributed by atoms with Crippen LogP contribution in [0, 0.1) is 0 Å². The van der Waals surface area contributed by atoms with Crippen molar-refractivity contribution in [2.24, 2.45) is 5.73 Å². The van der Waals surface area contributed by atoms with Crippen molar-refractivity contribution in [1.82, 2.24) is 5.32 Å². The van der Waals surface area contributed by atoms with Crippen molar-refractivity contribution in [3.63, 3.8) is 0 Å². The molecule has 0 saturated carbocycles. The van der Waals surface area contributed by atoms with Crippen LogP contribution in [0.25, 0.3) is 0 Å². The lowest BCUT2D eigenvalue weighted by atomic mass is 10.2. The smallest absolute Gasteiger partial charge is 0.319 e. The predicted molar refractivity (Wildman–Crippen MR) is 46.4 cm³/mol. The molecular weight excluding hydrogens is 156 g/mol. The lowest BCUT2D eigenvalue weighted by Gasteiger charge is -1.99. The van der Waals surface area contributed by atoms with E-state index in [0.717, 1.165) is 12.8 Å². The maximum Gasteiger partial charge on any atom is 0.319 e. The number of urea groups is 1. The van der Waals surface area contributed by atoms with Crippen molar-refractivity contribution in [1.29, 1.82) is 0 Å². The highest BCUT2D eigenvalue weighted by Gasteiger charge is 2.04. The summed E-state index contributed by atoms with van der Waals surface area (Å²) >= 11 is 0. The molecule has 0 unspecified atom stereocenters. The molecule has 0 fully saturated rings. The molecule has 0 aliphatic carbocycles. The molecule has 0 radical (unpaired) electrons. The minimum Gasteiger partial charge on any atom is -0.351 e. The Hall–Kier alpha value is -1.32. The molecule has 0 aromatic rings. The van der Waals surface area contributed by atoms with Gasteiger partial charge in [-0.25, -0.2) is 4.79 Å². The second-order valence-electron chi connectivity index (χ2n) is 2.49. The quantitative estimate of drug-likeness (QED) is 0.618. The number of hydrogen-bond acceptors (Lipinski definition) is 2. The summed E-state index contributed by atoms with van der Waals surface area (Å²) in [5, 5.41) is 1.98. The maximum atomic E-state index is 11.0. The monoisotopic (exact) mass is 170 g/mol. The molecule has 0 bridgehead atoms. The number of imide groups is 1. The van der Waals surface area contributed by atoms with Crippen LogP contribution in [0.4, 0.5) is 4.79 Å². The first-order valence-electron chi connectivity index (χ1n) is 3.85. The first kappa shape index (κ1) is 10.7. The van der Waals surface area contributed by atoms with Crippen LogP contribution < -0.4 is 11.1 Å². The van der Waals surface area contributed by atoms with Crippen molar-refractivity contribution in [2.75, 3.05) is 0 Å². The number of carbonyl (C=O) groups excluding carboxylic acids is 2. The van der Waals surface area contributed by atoms with E-state index in [-0.39, 0.29) is 0 Å². The SMILES string of the molecule is CCC/C=C(\C)C(=O)NC(N)=O. The maximum absolute atomic E-state index is 11.0. The topological polar surface area (TPSA) is 72.2 Å². The van der Waals surface area contributed by atoms with Crippen molar-refractivity contribution >= 4 is 11.9 Å². The summed E-state index contributed by atoms with van der Waals surface area (Å²) in [6.45, 7) is 3.66. The second-order valence-corrected chi connectivity index (χ2v) is 2.49. The van der Waals surface area contributed by atoms with E-state index in [9.17, 15) is 9.59 Å². The van der Waals surface area contributed by atoms with Gasteiger partial charge in [0.2, 0.25) is 0 Å². The zero-order chi connectivity index (χ0) is 9.56. The number of allylic oxidation sites excluding steroid dienone is 1. The Labute approximate surface area is 71.8 Å². The Balaban J connectivity index is 4.00. The molecule has 12 heavy (non-hydrogen) atoms. The first-order valence-corrected chi connectivity index (χ1v) is 3.85. The fraction of sp³-hybridized carbons (Fsp3) is 0.500. The van der Waals surface area contributed by atoms with Gasteiger partial charge >= 0.3 is 6.03 Å². The Morgan fingerprint density at radius 1 is 1.50 bits per heavy atom. The molecule has 0 heterocycles. The Bertz CT molecular complexity index is 209. The Morgan fingerprint density at radius 3 is 2.50 bits per heavy atom. The molecule has 68 valence electrons. The molecule has 4 nitrogen and oxygen atoms in total. The molecule has 0 aromatic heterocycles. The normalized spacial score (nSPS) is 11.0. The van der Waals surface area contributed by atoms with Crippen LogP contribution in [0.1, 0.15) is 26.7 Å². The minimum absolute atomic E-state index is 0.420. The van der Waals surface area contributed by atoms with Crippen molar-refractivity contribution in [3.05, 3.63) is 11.6 Å². The van der Waals surface area contributed by atoms with Gasteiger partial charge in [-0.3, -0.25) is 10.1 Å². The fourth-order valence-electron chi connectivity index (χ4n) is 0.664. The van der Waals surface area contributed by atoms with Crippen LogP contribution >= 0.6 is 0 Å². The van der Waals surface area contributed by atoms with Gasteiger partial charge < -0.3 is 5.73 Å². The number of rotatable bonds is 3. The molecule has 3 amide bonds. The molecule has 0 aliphatic rings. The number of amides is 3. The van der Waals surface area contributed by atoms with Gasteiger partial charge in [-0.2, -0.15) is 0 Å². The van der Waals surface area contributed by atoms with E-state index in [4.69, 9.17) is 5.73 Å². The first-order chi connectivity index (χ1) is 5.57. The van der Waals surface area contributed by atoms with Crippen molar-refractivity contribution < 1.29 is 9.59 Å². The molecule has 0 atom stereocenters. The Morgan fingerprint density at radius 2 is 2.08 bits per heavy atom. The van der Waals surface area contributed by atoms with Crippen LogP contribution in [-0.4, -0.2) is 11.9 Å². The lowest BCUT2D eigenvalue weighted by molar-refractivity contribution is -0.116. The highest BCUT2D eigenvalue weighted by atomic mass is 16.2. The number of nitrogens with one attached hydrogen (secondary N) is 1. The van der Waals surface area contributed by atoms with Gasteiger partial charge in [0.25, 0.3) is 5.91 Å². The van der Waals surface area contributed by atoms with Crippen LogP contribution in [0.3, 0.4) is 0 Å². The number of unbranched alkanes of at least 4 members (excludes halogenated alkanes) is 1. The van der Waals surface area contributed by atoms with E-state index in [1.54, 1.807) is 13.0 Å².